The van der Waals surface area contributed by atoms with Crippen molar-refractivity contribution >= 4 is 86.0 Å². The summed E-state index contributed by atoms with van der Waals surface area (Å²) in [5.41, 5.74) is 9.01. The number of hydrogen-bond donors (Lipinski definition) is 0. The molecule has 0 saturated heterocycles. The maximum Gasteiger partial charge on any atom is 0.235 e. The summed E-state index contributed by atoms with van der Waals surface area (Å²) in [6.07, 6.45) is 3.80. The molecule has 6 heteroatoms. The Bertz CT molecular complexity index is 3150. The summed E-state index contributed by atoms with van der Waals surface area (Å²) in [5.74, 6) is 0.613. The molecular weight excluding hydrogens is 631 g/mol. The van der Waals surface area contributed by atoms with Gasteiger partial charge in [-0.3, -0.25) is 14.5 Å². The highest BCUT2D eigenvalue weighted by Gasteiger charge is 2.24. The maximum absolute atomic E-state index is 5.50. The van der Waals surface area contributed by atoms with Gasteiger partial charge in [-0.2, -0.15) is 0 Å². The van der Waals surface area contributed by atoms with Crippen LogP contribution in [0.25, 0.3) is 103 Å². The van der Waals surface area contributed by atoms with Crippen LogP contribution in [0, 0.1) is 0 Å². The Morgan fingerprint density at radius 2 is 1.16 bits per heavy atom. The molecular formula is C44H25N5S. The summed E-state index contributed by atoms with van der Waals surface area (Å²) < 4.78 is 4.68. The molecule has 0 aliphatic heterocycles. The van der Waals surface area contributed by atoms with Crippen molar-refractivity contribution in [2.75, 3.05) is 0 Å². The highest BCUT2D eigenvalue weighted by molar-refractivity contribution is 7.26. The number of hydrogen-bond acceptors (Lipinski definition) is 5. The second-order valence-electron chi connectivity index (χ2n) is 12.6. The van der Waals surface area contributed by atoms with Crippen molar-refractivity contribution < 1.29 is 0 Å². The minimum Gasteiger partial charge on any atom is -0.277 e. The largest absolute Gasteiger partial charge is 0.277 e. The lowest BCUT2D eigenvalue weighted by Gasteiger charge is -2.14. The third-order valence-corrected chi connectivity index (χ3v) is 11.1. The van der Waals surface area contributed by atoms with Crippen molar-refractivity contribution in [3.05, 3.63) is 152 Å². The normalized spacial score (nSPS) is 12.0. The number of benzene rings is 6. The highest BCUT2D eigenvalue weighted by atomic mass is 32.1. The van der Waals surface area contributed by atoms with Crippen molar-refractivity contribution in [2.24, 2.45) is 0 Å². The molecule has 0 N–H and O–H groups in total. The van der Waals surface area contributed by atoms with Gasteiger partial charge in [0.25, 0.3) is 0 Å². The van der Waals surface area contributed by atoms with Crippen LogP contribution in [0.3, 0.4) is 0 Å². The molecule has 0 aliphatic carbocycles. The fourth-order valence-electron chi connectivity index (χ4n) is 7.77. The molecule has 11 rings (SSSR count). The summed E-state index contributed by atoms with van der Waals surface area (Å²) in [6, 6.07) is 48.8. The number of pyridine rings is 2. The smallest absolute Gasteiger partial charge is 0.235 e. The van der Waals surface area contributed by atoms with Crippen LogP contribution in [-0.4, -0.2) is 24.5 Å². The van der Waals surface area contributed by atoms with E-state index in [4.69, 9.17) is 19.9 Å². The van der Waals surface area contributed by atoms with Gasteiger partial charge < -0.3 is 0 Å². The number of nitrogens with zero attached hydrogens (tertiary/aromatic N) is 5. The Labute approximate surface area is 289 Å². The first kappa shape index (κ1) is 27.5. The Kier molecular flexibility index (Phi) is 5.76. The van der Waals surface area contributed by atoms with E-state index in [9.17, 15) is 0 Å². The van der Waals surface area contributed by atoms with Crippen LogP contribution in [-0.2, 0) is 0 Å². The van der Waals surface area contributed by atoms with E-state index in [0.717, 1.165) is 76.9 Å². The van der Waals surface area contributed by atoms with Gasteiger partial charge in [-0.1, -0.05) is 109 Å². The van der Waals surface area contributed by atoms with E-state index in [2.05, 4.69) is 126 Å². The zero-order valence-electron chi connectivity index (χ0n) is 26.6. The van der Waals surface area contributed by atoms with Crippen LogP contribution in [0.5, 0.6) is 0 Å². The molecule has 0 saturated carbocycles. The summed E-state index contributed by atoms with van der Waals surface area (Å²) in [6.45, 7) is 0. The SMILES string of the molecule is c1ccc(-c2ccnc3c2ccc2c(-c4ccccc4)nc(-n4c5ccccc5c5c6cccnc6c6sc7ccccc7c6c54)nc23)cc1. The monoisotopic (exact) mass is 655 g/mol. The molecule has 5 heterocycles. The molecule has 5 nitrogen and oxygen atoms in total. The minimum absolute atomic E-state index is 0.613. The van der Waals surface area contributed by atoms with Gasteiger partial charge in [0, 0.05) is 60.4 Å². The Morgan fingerprint density at radius 3 is 2.02 bits per heavy atom. The maximum atomic E-state index is 5.50. The Morgan fingerprint density at radius 1 is 0.460 bits per heavy atom. The van der Waals surface area contributed by atoms with E-state index < -0.39 is 0 Å². The first-order valence-corrected chi connectivity index (χ1v) is 17.5. The average molecular weight is 656 g/mol. The Hall–Kier alpha value is -6.50. The van der Waals surface area contributed by atoms with Crippen molar-refractivity contribution in [2.45, 2.75) is 0 Å². The van der Waals surface area contributed by atoms with Crippen LogP contribution in [0.15, 0.2) is 152 Å². The molecule has 6 aromatic carbocycles. The van der Waals surface area contributed by atoms with Gasteiger partial charge >= 0.3 is 0 Å². The van der Waals surface area contributed by atoms with Crippen molar-refractivity contribution in [3.63, 3.8) is 0 Å². The summed E-state index contributed by atoms with van der Waals surface area (Å²) >= 11 is 1.80. The average Bonchev–Trinajstić information content (AvgIpc) is 3.75. The second kappa shape index (κ2) is 10.5. The molecule has 232 valence electrons. The molecule has 50 heavy (non-hydrogen) atoms. The number of aromatic nitrogens is 5. The number of fused-ring (bicyclic) bond motifs is 13. The Balaban J connectivity index is 1.36. The fourth-order valence-corrected chi connectivity index (χ4v) is 8.99. The van der Waals surface area contributed by atoms with Crippen molar-refractivity contribution in [1.82, 2.24) is 24.5 Å². The molecule has 5 aromatic heterocycles. The molecule has 0 bridgehead atoms. The number of rotatable bonds is 3. The van der Waals surface area contributed by atoms with Gasteiger partial charge in [-0.05, 0) is 41.5 Å². The van der Waals surface area contributed by atoms with Crippen LogP contribution in [0.4, 0.5) is 0 Å². The van der Waals surface area contributed by atoms with E-state index in [1.807, 2.05) is 30.6 Å². The molecule has 0 radical (unpaired) electrons. The van der Waals surface area contributed by atoms with Gasteiger partial charge in [-0.25, -0.2) is 9.97 Å². The molecule has 0 unspecified atom stereocenters. The molecule has 0 spiro atoms. The minimum atomic E-state index is 0.613. The second-order valence-corrected chi connectivity index (χ2v) is 13.7. The zero-order valence-corrected chi connectivity index (χ0v) is 27.4. The molecule has 0 fully saturated rings. The van der Waals surface area contributed by atoms with Crippen molar-refractivity contribution in [1.29, 1.82) is 0 Å². The lowest BCUT2D eigenvalue weighted by atomic mass is 9.98. The van der Waals surface area contributed by atoms with Crippen LogP contribution >= 0.6 is 11.3 Å². The topological polar surface area (TPSA) is 56.5 Å². The van der Waals surface area contributed by atoms with Gasteiger partial charge in [0.05, 0.1) is 32.5 Å². The van der Waals surface area contributed by atoms with Gasteiger partial charge in [-0.15, -0.1) is 11.3 Å². The summed E-state index contributed by atoms with van der Waals surface area (Å²) in [5, 5.41) is 7.83. The third-order valence-electron chi connectivity index (χ3n) is 9.90. The summed E-state index contributed by atoms with van der Waals surface area (Å²) in [7, 11) is 0. The molecule has 0 aliphatic rings. The van der Waals surface area contributed by atoms with E-state index in [1.165, 1.54) is 20.2 Å². The van der Waals surface area contributed by atoms with E-state index >= 15 is 0 Å². The lowest BCUT2D eigenvalue weighted by Crippen LogP contribution is -2.04. The quantitative estimate of drug-likeness (QED) is 0.178. The standard InChI is InChI=1S/C44H25N5S/c1-3-12-26(13-4-1)28-23-25-46-39-29(28)21-22-33-38(27-14-5-2-6-15-27)47-44(48-40(33)39)49-34-19-9-7-16-30(34)36-32-18-11-24-45-41(32)43-37(42(36)49)31-17-8-10-20-35(31)50-43/h1-25H. The van der Waals surface area contributed by atoms with E-state index in [1.54, 1.807) is 11.3 Å². The van der Waals surface area contributed by atoms with Crippen LogP contribution in [0.1, 0.15) is 0 Å². The molecule has 11 aromatic rings. The number of thiophene rings is 1. The number of para-hydroxylation sites is 1. The van der Waals surface area contributed by atoms with Crippen LogP contribution < -0.4 is 0 Å². The van der Waals surface area contributed by atoms with E-state index in [0.29, 0.717) is 5.95 Å². The molecule has 0 atom stereocenters. The lowest BCUT2D eigenvalue weighted by molar-refractivity contribution is 1.02. The predicted octanol–water partition coefficient (Wildman–Crippen LogP) is 11.5. The molecule has 0 amide bonds. The van der Waals surface area contributed by atoms with Gasteiger partial charge in [0.1, 0.15) is 5.52 Å². The third kappa shape index (κ3) is 3.82. The van der Waals surface area contributed by atoms with Gasteiger partial charge in [0.2, 0.25) is 5.95 Å². The van der Waals surface area contributed by atoms with Crippen LogP contribution in [0.2, 0.25) is 0 Å². The first-order valence-electron chi connectivity index (χ1n) is 16.7. The first-order chi connectivity index (χ1) is 24.8. The van der Waals surface area contributed by atoms with E-state index in [-0.39, 0.29) is 0 Å². The predicted molar refractivity (Wildman–Crippen MR) is 208 cm³/mol. The fraction of sp³-hybridized carbons (Fsp3) is 0. The summed E-state index contributed by atoms with van der Waals surface area (Å²) in [4.78, 5) is 20.9. The van der Waals surface area contributed by atoms with Crippen molar-refractivity contribution in [3.8, 4) is 28.3 Å². The van der Waals surface area contributed by atoms with Gasteiger partial charge in [0.15, 0.2) is 0 Å². The highest BCUT2D eigenvalue weighted by Crippen LogP contribution is 2.47. The zero-order chi connectivity index (χ0) is 32.8.